The van der Waals surface area contributed by atoms with E-state index in [1.807, 2.05) is 79.7 Å². The number of benzene rings is 4. The Morgan fingerprint density at radius 2 is 1.61 bits per heavy atom. The molecule has 0 aliphatic carbocycles. The first-order chi connectivity index (χ1) is 21.2. The monoisotopic (exact) mass is 617 g/mol. The highest BCUT2D eigenvalue weighted by Gasteiger charge is 2.61. The van der Waals surface area contributed by atoms with E-state index >= 15 is 0 Å². The Balaban J connectivity index is 1.66. The first-order valence-electron chi connectivity index (χ1n) is 14.0. The predicted molar refractivity (Wildman–Crippen MR) is 174 cm³/mol. The van der Waals surface area contributed by atoms with Gasteiger partial charge >= 0.3 is 0 Å². The second-order valence-corrected chi connectivity index (χ2v) is 13.8. The number of ether oxygens (including phenoxy) is 1. The SMILES string of the molecule is [C-]#[N+]C1=CN(S(=O)(=O)c2ccc(C)cc2)c2c(sc3ccccc23)[C@H](c2ccc(OC)cc2)[C@@]12C(=O)N(C)c1ccccc12. The summed E-state index contributed by atoms with van der Waals surface area (Å²) in [6, 6.07) is 29.2. The van der Waals surface area contributed by atoms with Crippen LogP contribution in [-0.2, 0) is 20.2 Å². The van der Waals surface area contributed by atoms with Gasteiger partial charge < -0.3 is 9.64 Å². The van der Waals surface area contributed by atoms with Crippen molar-refractivity contribution in [3.8, 4) is 5.75 Å². The molecule has 2 aliphatic heterocycles. The highest BCUT2D eigenvalue weighted by Crippen LogP contribution is 2.61. The van der Waals surface area contributed by atoms with Crippen molar-refractivity contribution in [2.75, 3.05) is 23.4 Å². The van der Waals surface area contributed by atoms with E-state index in [0.29, 0.717) is 27.6 Å². The fourth-order valence-corrected chi connectivity index (χ4v) is 9.37. The van der Waals surface area contributed by atoms with E-state index in [-0.39, 0.29) is 16.5 Å². The molecule has 0 fully saturated rings. The smallest absolute Gasteiger partial charge is 0.267 e. The minimum Gasteiger partial charge on any atom is -0.497 e. The van der Waals surface area contributed by atoms with Gasteiger partial charge in [0.1, 0.15) is 11.2 Å². The number of hydrogen-bond acceptors (Lipinski definition) is 5. The zero-order valence-electron chi connectivity index (χ0n) is 24.2. The molecule has 0 unspecified atom stereocenters. The minimum absolute atomic E-state index is 0.0308. The second-order valence-electron chi connectivity index (χ2n) is 10.9. The van der Waals surface area contributed by atoms with Gasteiger partial charge in [0, 0.05) is 39.8 Å². The molecule has 7 nitrogen and oxygen atoms in total. The van der Waals surface area contributed by atoms with Crippen molar-refractivity contribution in [1.29, 1.82) is 0 Å². The van der Waals surface area contributed by atoms with Crippen LogP contribution in [0.4, 0.5) is 11.4 Å². The largest absolute Gasteiger partial charge is 0.497 e. The molecule has 7 rings (SSSR count). The number of sulfonamides is 1. The van der Waals surface area contributed by atoms with E-state index in [0.717, 1.165) is 21.2 Å². The molecule has 44 heavy (non-hydrogen) atoms. The standard InChI is InChI=1S/C35H27N3O4S2/c1-22-13-19-25(20-14-22)44(40,41)38-21-30(36-2)35(27-10-6-7-11-28(27)37(3)34(35)39)31(23-15-17-24(42-4)18-16-23)33-32(38)26-9-5-8-12-29(26)43-33/h5-21,31H,1,3-4H3/t31-,35-/m0/s1. The molecule has 1 spiro atoms. The second kappa shape index (κ2) is 10.1. The molecule has 1 amide bonds. The van der Waals surface area contributed by atoms with Crippen LogP contribution in [0.5, 0.6) is 5.75 Å². The van der Waals surface area contributed by atoms with E-state index in [9.17, 15) is 13.2 Å². The summed E-state index contributed by atoms with van der Waals surface area (Å²) in [7, 11) is -0.918. The average Bonchev–Trinajstić information content (AvgIpc) is 3.47. The van der Waals surface area contributed by atoms with Crippen molar-refractivity contribution < 1.29 is 17.9 Å². The maximum Gasteiger partial charge on any atom is 0.267 e. The van der Waals surface area contributed by atoms with Gasteiger partial charge in [-0.15, -0.1) is 11.3 Å². The summed E-state index contributed by atoms with van der Waals surface area (Å²) in [5.74, 6) is -0.370. The summed E-state index contributed by atoms with van der Waals surface area (Å²) >= 11 is 1.45. The quantitative estimate of drug-likeness (QED) is 0.200. The van der Waals surface area contributed by atoms with Gasteiger partial charge in [-0.1, -0.05) is 66.2 Å². The molecule has 0 saturated heterocycles. The van der Waals surface area contributed by atoms with Crippen LogP contribution in [-0.4, -0.2) is 28.5 Å². The third kappa shape index (κ3) is 3.78. The molecule has 0 N–H and O–H groups in total. The number of methoxy groups -OCH3 is 1. The van der Waals surface area contributed by atoms with E-state index in [2.05, 4.69) is 4.85 Å². The summed E-state index contributed by atoms with van der Waals surface area (Å²) in [4.78, 5) is 21.2. The van der Waals surface area contributed by atoms with Crippen LogP contribution >= 0.6 is 11.3 Å². The third-order valence-electron chi connectivity index (χ3n) is 8.63. The molecule has 5 aromatic rings. The van der Waals surface area contributed by atoms with Crippen LogP contribution in [0.3, 0.4) is 0 Å². The van der Waals surface area contributed by atoms with Crippen molar-refractivity contribution in [1.82, 2.24) is 0 Å². The predicted octanol–water partition coefficient (Wildman–Crippen LogP) is 7.23. The molecule has 3 heterocycles. The van der Waals surface area contributed by atoms with Crippen LogP contribution in [0.1, 0.15) is 27.5 Å². The van der Waals surface area contributed by atoms with E-state index in [1.54, 1.807) is 43.3 Å². The molecule has 2 aliphatic rings. The lowest BCUT2D eigenvalue weighted by molar-refractivity contribution is -0.122. The Morgan fingerprint density at radius 1 is 0.932 bits per heavy atom. The Hall–Kier alpha value is -4.91. The molecule has 0 saturated carbocycles. The average molecular weight is 618 g/mol. The lowest BCUT2D eigenvalue weighted by atomic mass is 9.65. The normalized spacial score (nSPS) is 19.4. The van der Waals surface area contributed by atoms with Gasteiger partial charge in [0.05, 0.1) is 24.3 Å². The molecule has 4 aromatic carbocycles. The Labute approximate surface area is 260 Å². The topological polar surface area (TPSA) is 71.3 Å². The summed E-state index contributed by atoms with van der Waals surface area (Å²) in [5.41, 5.74) is 1.98. The Bertz CT molecular complexity index is 2150. The van der Waals surface area contributed by atoms with Crippen LogP contribution in [0, 0.1) is 13.5 Å². The van der Waals surface area contributed by atoms with Crippen LogP contribution in [0.25, 0.3) is 14.9 Å². The summed E-state index contributed by atoms with van der Waals surface area (Å²) in [6.45, 7) is 10.4. The number of amides is 1. The third-order valence-corrected chi connectivity index (χ3v) is 11.5. The van der Waals surface area contributed by atoms with Crippen molar-refractivity contribution >= 4 is 48.7 Å². The number of likely N-dealkylation sites (N-methyl/N-ethyl adjacent to an activating group) is 1. The number of aryl methyl sites for hydroxylation is 1. The van der Waals surface area contributed by atoms with Crippen molar-refractivity contribution in [3.05, 3.63) is 142 Å². The summed E-state index contributed by atoms with van der Waals surface area (Å²) in [6.07, 6.45) is 1.39. The first kappa shape index (κ1) is 27.9. The maximum absolute atomic E-state index is 14.8. The lowest BCUT2D eigenvalue weighted by Crippen LogP contribution is -2.44. The summed E-state index contributed by atoms with van der Waals surface area (Å²) in [5, 5.41) is 0.728. The molecule has 1 aromatic heterocycles. The van der Waals surface area contributed by atoms with Gasteiger partial charge in [-0.05, 0) is 54.4 Å². The molecular formula is C35H27N3O4S2. The lowest BCUT2D eigenvalue weighted by Gasteiger charge is -2.35. The molecular weight excluding hydrogens is 591 g/mol. The van der Waals surface area contributed by atoms with Crippen molar-refractivity contribution in [2.24, 2.45) is 0 Å². The van der Waals surface area contributed by atoms with Gasteiger partial charge in [-0.2, -0.15) is 0 Å². The fourth-order valence-electron chi connectivity index (χ4n) is 6.54. The summed E-state index contributed by atoms with van der Waals surface area (Å²) < 4.78 is 36.8. The van der Waals surface area contributed by atoms with Gasteiger partial charge in [0.25, 0.3) is 10.0 Å². The molecule has 9 heteroatoms. The number of para-hydroxylation sites is 1. The van der Waals surface area contributed by atoms with E-state index in [1.165, 1.54) is 21.8 Å². The molecule has 2 atom stereocenters. The van der Waals surface area contributed by atoms with Crippen molar-refractivity contribution in [3.63, 3.8) is 0 Å². The number of rotatable bonds is 4. The van der Waals surface area contributed by atoms with Crippen LogP contribution in [0.15, 0.2) is 114 Å². The number of thiophene rings is 1. The van der Waals surface area contributed by atoms with Crippen LogP contribution in [0.2, 0.25) is 0 Å². The van der Waals surface area contributed by atoms with Gasteiger partial charge in [-0.3, -0.25) is 9.10 Å². The molecule has 0 bridgehead atoms. The Kier molecular flexibility index (Phi) is 6.39. The van der Waals surface area contributed by atoms with Gasteiger partial charge in [0.15, 0.2) is 0 Å². The highest BCUT2D eigenvalue weighted by atomic mass is 32.2. The van der Waals surface area contributed by atoms with Gasteiger partial charge in [0.2, 0.25) is 11.6 Å². The number of nitrogens with zero attached hydrogens (tertiary/aromatic N) is 3. The van der Waals surface area contributed by atoms with Crippen molar-refractivity contribution in [2.45, 2.75) is 23.2 Å². The number of hydrogen-bond donors (Lipinski definition) is 0. The molecule has 0 radical (unpaired) electrons. The molecule has 218 valence electrons. The van der Waals surface area contributed by atoms with Gasteiger partial charge in [-0.25, -0.2) is 13.3 Å². The fraction of sp³-hybridized carbons (Fsp3) is 0.143. The van der Waals surface area contributed by atoms with E-state index < -0.39 is 21.4 Å². The van der Waals surface area contributed by atoms with Crippen LogP contribution < -0.4 is 13.9 Å². The zero-order chi connectivity index (χ0) is 30.8. The first-order valence-corrected chi connectivity index (χ1v) is 16.2. The number of fused-ring (bicyclic) bond motifs is 5. The zero-order valence-corrected chi connectivity index (χ0v) is 25.8. The Morgan fingerprint density at radius 3 is 2.32 bits per heavy atom. The number of carbonyl (C=O) groups is 1. The highest BCUT2D eigenvalue weighted by molar-refractivity contribution is 7.93. The maximum atomic E-state index is 14.8. The number of carbonyl (C=O) groups excluding carboxylic acids is 1. The van der Waals surface area contributed by atoms with E-state index in [4.69, 9.17) is 11.3 Å². The number of anilines is 2. The minimum atomic E-state index is -4.22.